The van der Waals surface area contributed by atoms with Gasteiger partial charge in [0, 0.05) is 30.7 Å². The van der Waals surface area contributed by atoms with Crippen LogP contribution in [0, 0.1) is 5.92 Å². The van der Waals surface area contributed by atoms with Crippen molar-refractivity contribution in [2.24, 2.45) is 5.92 Å². The number of anilines is 1. The van der Waals surface area contributed by atoms with Crippen molar-refractivity contribution >= 4 is 40.5 Å². The number of piperidine rings is 1. The van der Waals surface area contributed by atoms with E-state index in [1.165, 1.54) is 18.3 Å². The quantitative estimate of drug-likeness (QED) is 0.292. The minimum Gasteiger partial charge on any atom is -0.465 e. The molecule has 10 heteroatoms. The van der Waals surface area contributed by atoms with Gasteiger partial charge in [-0.3, -0.25) is 4.79 Å². The van der Waals surface area contributed by atoms with Crippen LogP contribution in [0.3, 0.4) is 0 Å². The first kappa shape index (κ1) is 24.8. The van der Waals surface area contributed by atoms with Crippen LogP contribution in [0.25, 0.3) is 16.7 Å². The molecule has 3 heterocycles. The van der Waals surface area contributed by atoms with E-state index in [9.17, 15) is 9.59 Å². The first-order valence-corrected chi connectivity index (χ1v) is 13.3. The average Bonchev–Trinajstić information content (AvgIpc) is 3.40. The lowest BCUT2D eigenvalue weighted by molar-refractivity contribution is -0.125. The minimum atomic E-state index is -0.387. The summed E-state index contributed by atoms with van der Waals surface area (Å²) < 4.78 is 6.49. The van der Waals surface area contributed by atoms with Crippen molar-refractivity contribution in [2.45, 2.75) is 24.3 Å². The molecule has 9 nitrogen and oxygen atoms in total. The Morgan fingerprint density at radius 1 is 1.11 bits per heavy atom. The van der Waals surface area contributed by atoms with Crippen molar-refractivity contribution in [1.82, 2.24) is 25.1 Å². The van der Waals surface area contributed by atoms with Crippen LogP contribution in [-0.2, 0) is 16.1 Å². The molecular formula is C27H28N6O3S. The van der Waals surface area contributed by atoms with Gasteiger partial charge < -0.3 is 15.0 Å². The number of carbonyl (C=O) groups is 2. The second kappa shape index (κ2) is 11.0. The number of fused-ring (bicyclic) bond motifs is 1. The van der Waals surface area contributed by atoms with Crippen molar-refractivity contribution in [1.29, 1.82) is 0 Å². The molecule has 1 aliphatic heterocycles. The van der Waals surface area contributed by atoms with E-state index in [2.05, 4.69) is 49.5 Å². The summed E-state index contributed by atoms with van der Waals surface area (Å²) in [5, 5.41) is 8.52. The number of esters is 1. The second-order valence-corrected chi connectivity index (χ2v) is 9.78. The second-order valence-electron chi connectivity index (χ2n) is 8.90. The molecule has 0 aliphatic carbocycles. The highest BCUT2D eigenvalue weighted by atomic mass is 32.2. The Labute approximate surface area is 219 Å². The lowest BCUT2D eigenvalue weighted by atomic mass is 9.97. The van der Waals surface area contributed by atoms with Crippen LogP contribution < -0.4 is 10.2 Å². The lowest BCUT2D eigenvalue weighted by Gasteiger charge is -2.33. The fourth-order valence-electron chi connectivity index (χ4n) is 4.54. The Bertz CT molecular complexity index is 1400. The summed E-state index contributed by atoms with van der Waals surface area (Å²) in [5.74, 6) is 0.325. The smallest absolute Gasteiger partial charge is 0.337 e. The van der Waals surface area contributed by atoms with Crippen molar-refractivity contribution in [2.75, 3.05) is 31.4 Å². The Balaban J connectivity index is 1.30. The third-order valence-electron chi connectivity index (χ3n) is 6.57. The summed E-state index contributed by atoms with van der Waals surface area (Å²) >= 11 is 1.70. The van der Waals surface area contributed by atoms with Gasteiger partial charge in [-0.15, -0.1) is 16.9 Å². The molecule has 1 N–H and O–H groups in total. The minimum absolute atomic E-state index is 0.0605. The van der Waals surface area contributed by atoms with E-state index >= 15 is 0 Å². The zero-order chi connectivity index (χ0) is 25.8. The van der Waals surface area contributed by atoms with Crippen molar-refractivity contribution in [3.05, 3.63) is 72.2 Å². The van der Waals surface area contributed by atoms with Crippen LogP contribution >= 0.6 is 11.8 Å². The number of hydrogen-bond donors (Lipinski definition) is 1. The van der Waals surface area contributed by atoms with Gasteiger partial charge in [-0.05, 0) is 61.1 Å². The van der Waals surface area contributed by atoms with Gasteiger partial charge in [-0.25, -0.2) is 19.4 Å². The monoisotopic (exact) mass is 516 g/mol. The molecule has 1 saturated heterocycles. The molecule has 37 heavy (non-hydrogen) atoms. The molecule has 1 atom stereocenters. The molecule has 1 fully saturated rings. The zero-order valence-corrected chi connectivity index (χ0v) is 21.6. The number of methoxy groups -OCH3 is 1. The molecule has 2 aromatic heterocycles. The van der Waals surface area contributed by atoms with Gasteiger partial charge in [0.1, 0.15) is 12.1 Å². The normalized spacial score (nSPS) is 15.5. The average molecular weight is 517 g/mol. The largest absolute Gasteiger partial charge is 0.465 e. The first-order chi connectivity index (χ1) is 18.1. The Hall–Kier alpha value is -3.92. The van der Waals surface area contributed by atoms with Gasteiger partial charge in [-0.2, -0.15) is 0 Å². The topological polar surface area (TPSA) is 102 Å². The van der Waals surface area contributed by atoms with Crippen LogP contribution in [0.1, 0.15) is 28.8 Å². The predicted molar refractivity (Wildman–Crippen MR) is 143 cm³/mol. The van der Waals surface area contributed by atoms with E-state index in [1.807, 2.05) is 12.5 Å². The third kappa shape index (κ3) is 5.43. The molecule has 0 spiro atoms. The molecule has 1 aliphatic rings. The molecule has 5 rings (SSSR count). The van der Waals surface area contributed by atoms with Crippen LogP contribution in [0.2, 0.25) is 0 Å². The fourth-order valence-corrected chi connectivity index (χ4v) is 4.95. The number of benzene rings is 2. The summed E-state index contributed by atoms with van der Waals surface area (Å²) in [6.07, 6.45) is 7.19. The van der Waals surface area contributed by atoms with E-state index < -0.39 is 0 Å². The van der Waals surface area contributed by atoms with Crippen LogP contribution in [0.15, 0.2) is 66.0 Å². The molecule has 1 amide bonds. The van der Waals surface area contributed by atoms with E-state index in [4.69, 9.17) is 4.74 Å². The summed E-state index contributed by atoms with van der Waals surface area (Å²) in [5.41, 5.74) is 2.92. The SMILES string of the molecule is COC(=O)c1ccc(-n2cc3c(N4CCCC(C(=O)NCc5ccc(SC)cc5)C4)ncnc3n2)cc1. The van der Waals surface area contributed by atoms with E-state index in [1.54, 1.807) is 40.7 Å². The Morgan fingerprint density at radius 2 is 1.89 bits per heavy atom. The highest BCUT2D eigenvalue weighted by molar-refractivity contribution is 7.98. The van der Waals surface area contributed by atoms with E-state index in [0.29, 0.717) is 24.3 Å². The highest BCUT2D eigenvalue weighted by Crippen LogP contribution is 2.28. The summed E-state index contributed by atoms with van der Waals surface area (Å²) in [6, 6.07) is 15.3. The molecular weight excluding hydrogens is 488 g/mol. The molecule has 0 radical (unpaired) electrons. The third-order valence-corrected chi connectivity index (χ3v) is 7.31. The number of carbonyl (C=O) groups excluding carboxylic acids is 2. The highest BCUT2D eigenvalue weighted by Gasteiger charge is 2.28. The van der Waals surface area contributed by atoms with Gasteiger partial charge in [-0.1, -0.05) is 12.1 Å². The van der Waals surface area contributed by atoms with Gasteiger partial charge in [0.2, 0.25) is 5.91 Å². The first-order valence-electron chi connectivity index (χ1n) is 12.1. The zero-order valence-electron chi connectivity index (χ0n) is 20.8. The number of hydrogen-bond acceptors (Lipinski definition) is 8. The molecule has 0 saturated carbocycles. The number of amides is 1. The summed E-state index contributed by atoms with van der Waals surface area (Å²) in [4.78, 5) is 37.0. The van der Waals surface area contributed by atoms with Crippen molar-refractivity contribution in [3.8, 4) is 5.69 Å². The number of nitrogens with one attached hydrogen (secondary N) is 1. The number of nitrogens with zero attached hydrogens (tertiary/aromatic N) is 5. The van der Waals surface area contributed by atoms with Crippen LogP contribution in [0.5, 0.6) is 0 Å². The Kier molecular flexibility index (Phi) is 7.36. The number of ether oxygens (including phenoxy) is 1. The van der Waals surface area contributed by atoms with E-state index in [-0.39, 0.29) is 17.8 Å². The molecule has 1 unspecified atom stereocenters. The Morgan fingerprint density at radius 3 is 2.62 bits per heavy atom. The lowest BCUT2D eigenvalue weighted by Crippen LogP contribution is -2.43. The van der Waals surface area contributed by atoms with Crippen LogP contribution in [-0.4, -0.2) is 58.1 Å². The summed E-state index contributed by atoms with van der Waals surface area (Å²) in [6.45, 7) is 1.91. The summed E-state index contributed by atoms with van der Waals surface area (Å²) in [7, 11) is 1.36. The predicted octanol–water partition coefficient (Wildman–Crippen LogP) is 3.86. The maximum Gasteiger partial charge on any atom is 0.337 e. The molecule has 2 aromatic carbocycles. The number of aromatic nitrogens is 4. The maximum atomic E-state index is 13.0. The maximum absolute atomic E-state index is 13.0. The number of thioether (sulfide) groups is 1. The van der Waals surface area contributed by atoms with Crippen molar-refractivity contribution < 1.29 is 14.3 Å². The van der Waals surface area contributed by atoms with Crippen molar-refractivity contribution in [3.63, 3.8) is 0 Å². The molecule has 190 valence electrons. The van der Waals surface area contributed by atoms with E-state index in [0.717, 1.165) is 41.8 Å². The fraction of sp³-hybridized carbons (Fsp3) is 0.296. The molecule has 4 aromatic rings. The standard InChI is InChI=1S/C27H28N6O3S/c1-36-27(35)19-7-9-21(10-8-19)33-16-23-24(31-33)29-17-30-25(23)32-13-3-4-20(15-32)26(34)28-14-18-5-11-22(37-2)12-6-18/h5-12,16-17,20H,3-4,13-15H2,1-2H3,(H,28,34). The molecule has 0 bridgehead atoms. The van der Waals surface area contributed by atoms with Gasteiger partial charge in [0.15, 0.2) is 5.65 Å². The van der Waals surface area contributed by atoms with Crippen LogP contribution in [0.4, 0.5) is 5.82 Å². The van der Waals surface area contributed by atoms with Gasteiger partial charge in [0.05, 0.1) is 29.7 Å². The van der Waals surface area contributed by atoms with Gasteiger partial charge >= 0.3 is 5.97 Å². The van der Waals surface area contributed by atoms with Gasteiger partial charge in [0.25, 0.3) is 0 Å². The number of rotatable bonds is 7.